The van der Waals surface area contributed by atoms with Gasteiger partial charge in [0.05, 0.1) is 16.3 Å². The molecule has 1 unspecified atom stereocenters. The second kappa shape index (κ2) is 5.21. The second-order valence-corrected chi connectivity index (χ2v) is 5.88. The van der Waals surface area contributed by atoms with Crippen molar-refractivity contribution in [2.24, 2.45) is 5.73 Å². The Kier molecular flexibility index (Phi) is 3.43. The van der Waals surface area contributed by atoms with Gasteiger partial charge < -0.3 is 5.73 Å². The van der Waals surface area contributed by atoms with E-state index in [-0.39, 0.29) is 6.04 Å². The summed E-state index contributed by atoms with van der Waals surface area (Å²) in [6.45, 7) is 0. The van der Waals surface area contributed by atoms with Gasteiger partial charge in [-0.1, -0.05) is 18.1 Å². The van der Waals surface area contributed by atoms with E-state index in [2.05, 4.69) is 28.6 Å². The maximum atomic E-state index is 6.40. The van der Waals surface area contributed by atoms with Gasteiger partial charge in [0.25, 0.3) is 0 Å². The monoisotopic (exact) mass is 258 g/mol. The molecule has 0 aromatic carbocycles. The average molecular weight is 258 g/mol. The van der Waals surface area contributed by atoms with E-state index in [9.17, 15) is 0 Å². The summed E-state index contributed by atoms with van der Waals surface area (Å²) in [5, 5.41) is 2.08. The van der Waals surface area contributed by atoms with Crippen LogP contribution in [-0.2, 0) is 0 Å². The minimum Gasteiger partial charge on any atom is -0.320 e. The van der Waals surface area contributed by atoms with E-state index in [4.69, 9.17) is 5.73 Å². The maximum Gasteiger partial charge on any atom is 0.0809 e. The Morgan fingerprint density at radius 3 is 3.17 bits per heavy atom. The molecule has 2 nitrogen and oxygen atoms in total. The molecule has 2 heterocycles. The topological polar surface area (TPSA) is 38.9 Å². The van der Waals surface area contributed by atoms with Crippen LogP contribution in [0.4, 0.5) is 0 Å². The number of nitrogens with two attached hydrogens (primary N) is 1. The third-order valence-corrected chi connectivity index (χ3v) is 4.51. The Bertz CT molecular complexity index is 571. The molecule has 2 aromatic rings. The Morgan fingerprint density at radius 1 is 1.28 bits per heavy atom. The molecule has 0 fully saturated rings. The molecule has 1 aliphatic carbocycles. The lowest BCUT2D eigenvalue weighted by atomic mass is 9.97. The molecule has 0 saturated carbocycles. The van der Waals surface area contributed by atoms with E-state index in [0.29, 0.717) is 0 Å². The lowest BCUT2D eigenvalue weighted by Crippen LogP contribution is -2.13. The first kappa shape index (κ1) is 11.9. The van der Waals surface area contributed by atoms with Crippen molar-refractivity contribution in [1.29, 1.82) is 0 Å². The molecule has 0 radical (unpaired) electrons. The molecular formula is C15H18N2S. The van der Waals surface area contributed by atoms with E-state index in [1.165, 1.54) is 36.0 Å². The van der Waals surface area contributed by atoms with Gasteiger partial charge in [-0.2, -0.15) is 0 Å². The summed E-state index contributed by atoms with van der Waals surface area (Å²) in [5.41, 5.74) is 10.0. The van der Waals surface area contributed by atoms with Gasteiger partial charge in [-0.3, -0.25) is 4.98 Å². The summed E-state index contributed by atoms with van der Waals surface area (Å²) in [5.74, 6) is 0. The second-order valence-electron chi connectivity index (χ2n) is 4.93. The smallest absolute Gasteiger partial charge is 0.0809 e. The van der Waals surface area contributed by atoms with Gasteiger partial charge in [-0.15, -0.1) is 11.3 Å². The molecule has 94 valence electrons. The van der Waals surface area contributed by atoms with Crippen LogP contribution in [0.1, 0.15) is 43.7 Å². The first-order valence-electron chi connectivity index (χ1n) is 6.62. The summed E-state index contributed by atoms with van der Waals surface area (Å²) in [4.78, 5) is 4.48. The summed E-state index contributed by atoms with van der Waals surface area (Å²) in [6.07, 6.45) is 10.5. The number of aromatic nitrogens is 1. The van der Waals surface area contributed by atoms with E-state index in [0.717, 1.165) is 17.5 Å². The quantitative estimate of drug-likeness (QED) is 0.820. The third-order valence-electron chi connectivity index (χ3n) is 3.66. The zero-order valence-electron chi connectivity index (χ0n) is 10.4. The molecule has 0 bridgehead atoms. The predicted molar refractivity (Wildman–Crippen MR) is 77.7 cm³/mol. The molecule has 1 aliphatic rings. The fourth-order valence-corrected chi connectivity index (χ4v) is 3.36. The van der Waals surface area contributed by atoms with Crippen molar-refractivity contribution in [3.8, 4) is 0 Å². The van der Waals surface area contributed by atoms with Crippen LogP contribution in [-0.4, -0.2) is 4.98 Å². The van der Waals surface area contributed by atoms with Crippen LogP contribution in [0.15, 0.2) is 35.4 Å². The number of nitrogens with zero attached hydrogens (tertiary/aromatic N) is 1. The van der Waals surface area contributed by atoms with Crippen molar-refractivity contribution in [3.63, 3.8) is 0 Å². The van der Waals surface area contributed by atoms with Crippen molar-refractivity contribution in [2.45, 2.75) is 38.1 Å². The highest BCUT2D eigenvalue weighted by Gasteiger charge is 2.14. The molecule has 1 atom stereocenters. The molecule has 0 spiro atoms. The fourth-order valence-electron chi connectivity index (χ4n) is 2.57. The van der Waals surface area contributed by atoms with Gasteiger partial charge in [0.2, 0.25) is 0 Å². The van der Waals surface area contributed by atoms with E-state index in [1.807, 2.05) is 6.20 Å². The van der Waals surface area contributed by atoms with Crippen molar-refractivity contribution in [3.05, 3.63) is 40.9 Å². The highest BCUT2D eigenvalue weighted by Crippen LogP contribution is 2.29. The fraction of sp³-hybridized carbons (Fsp3) is 0.400. The van der Waals surface area contributed by atoms with Crippen LogP contribution >= 0.6 is 11.3 Å². The van der Waals surface area contributed by atoms with Crippen molar-refractivity contribution < 1.29 is 0 Å². The van der Waals surface area contributed by atoms with E-state index in [1.54, 1.807) is 11.3 Å². The molecule has 2 aromatic heterocycles. The standard InChI is InChI=1S/C15H18N2S/c16-15(11-5-3-1-2-4-6-11)12-9-14-13(17-10-12)7-8-18-14/h5,7-10,15H,1-4,6,16H2. The minimum absolute atomic E-state index is 0.0297. The molecule has 2 N–H and O–H groups in total. The van der Waals surface area contributed by atoms with Crippen LogP contribution in [0.5, 0.6) is 0 Å². The third kappa shape index (κ3) is 2.33. The van der Waals surface area contributed by atoms with Gasteiger partial charge >= 0.3 is 0 Å². The lowest BCUT2D eigenvalue weighted by molar-refractivity contribution is 0.687. The van der Waals surface area contributed by atoms with Crippen molar-refractivity contribution >= 4 is 21.6 Å². The first-order valence-corrected chi connectivity index (χ1v) is 7.50. The van der Waals surface area contributed by atoms with Gasteiger partial charge in [-0.25, -0.2) is 0 Å². The first-order chi connectivity index (χ1) is 8.84. The molecule has 0 saturated heterocycles. The van der Waals surface area contributed by atoms with Crippen LogP contribution in [0.2, 0.25) is 0 Å². The highest BCUT2D eigenvalue weighted by molar-refractivity contribution is 7.17. The summed E-state index contributed by atoms with van der Waals surface area (Å²) in [6, 6.07) is 4.28. The maximum absolute atomic E-state index is 6.40. The highest BCUT2D eigenvalue weighted by atomic mass is 32.1. The van der Waals surface area contributed by atoms with Crippen LogP contribution in [0.25, 0.3) is 10.2 Å². The molecule has 3 heteroatoms. The normalized spacial score (nSPS) is 18.4. The molecule has 3 rings (SSSR count). The summed E-state index contributed by atoms with van der Waals surface area (Å²) >= 11 is 1.73. The van der Waals surface area contributed by atoms with Crippen LogP contribution in [0, 0.1) is 0 Å². The van der Waals surface area contributed by atoms with Gasteiger partial charge in [0.15, 0.2) is 0 Å². The summed E-state index contributed by atoms with van der Waals surface area (Å²) < 4.78 is 1.23. The number of allylic oxidation sites excluding steroid dienone is 1. The Hall–Kier alpha value is -1.19. The van der Waals surface area contributed by atoms with Crippen molar-refractivity contribution in [2.75, 3.05) is 0 Å². The number of rotatable bonds is 2. The van der Waals surface area contributed by atoms with Gasteiger partial charge in [0.1, 0.15) is 0 Å². The largest absolute Gasteiger partial charge is 0.320 e. The number of pyridine rings is 1. The minimum atomic E-state index is 0.0297. The molecule has 0 aliphatic heterocycles. The zero-order valence-corrected chi connectivity index (χ0v) is 11.2. The summed E-state index contributed by atoms with van der Waals surface area (Å²) in [7, 11) is 0. The average Bonchev–Trinajstić information content (AvgIpc) is 2.69. The zero-order chi connectivity index (χ0) is 12.4. The van der Waals surface area contributed by atoms with E-state index < -0.39 is 0 Å². The number of hydrogen-bond donors (Lipinski definition) is 1. The van der Waals surface area contributed by atoms with E-state index >= 15 is 0 Å². The molecule has 18 heavy (non-hydrogen) atoms. The Morgan fingerprint density at radius 2 is 2.22 bits per heavy atom. The number of thiophene rings is 1. The number of fused-ring (bicyclic) bond motifs is 1. The lowest BCUT2D eigenvalue weighted by Gasteiger charge is -2.15. The Labute approximate surface area is 112 Å². The van der Waals surface area contributed by atoms with Crippen LogP contribution in [0.3, 0.4) is 0 Å². The molecule has 0 amide bonds. The molecular weight excluding hydrogens is 240 g/mol. The predicted octanol–water partition coefficient (Wildman–Crippen LogP) is 4.19. The van der Waals surface area contributed by atoms with Crippen molar-refractivity contribution in [1.82, 2.24) is 4.98 Å². The Balaban J connectivity index is 1.90. The SMILES string of the molecule is NC(C1=CCCCCC1)c1cnc2ccsc2c1. The van der Waals surface area contributed by atoms with Gasteiger partial charge in [0, 0.05) is 6.20 Å². The number of hydrogen-bond acceptors (Lipinski definition) is 3. The van der Waals surface area contributed by atoms with Gasteiger partial charge in [-0.05, 0) is 48.8 Å². The van der Waals surface area contributed by atoms with Crippen LogP contribution < -0.4 is 5.73 Å².